The maximum Gasteiger partial charge on any atom is 0.352 e. The number of carboxylic acid groups (broad SMARTS) is 1. The molecule has 3 rings (SSSR count). The van der Waals surface area contributed by atoms with Gasteiger partial charge >= 0.3 is 17.6 Å². The number of β-lactam (4-membered cyclic amide) rings is 1. The van der Waals surface area contributed by atoms with Gasteiger partial charge in [-0.3, -0.25) is 38.4 Å². The number of hydrogen-bond acceptors (Lipinski definition) is 9. The molecule has 0 spiro atoms. The number of H-pyrrole nitrogens is 1. The third kappa shape index (κ3) is 4.34. The van der Waals surface area contributed by atoms with E-state index in [-0.39, 0.29) is 29.2 Å². The summed E-state index contributed by atoms with van der Waals surface area (Å²) in [4.78, 5) is 85.6. The monoisotopic (exact) mass is 466 g/mol. The number of carboxylic acids is 1. The van der Waals surface area contributed by atoms with Gasteiger partial charge in [-0.15, -0.1) is 11.8 Å². The minimum Gasteiger partial charge on any atom is -0.477 e. The van der Waals surface area contributed by atoms with E-state index in [0.717, 1.165) is 22.6 Å². The van der Waals surface area contributed by atoms with Crippen molar-refractivity contribution in [2.75, 3.05) is 12.4 Å². The average molecular weight is 466 g/mol. The predicted molar refractivity (Wildman–Crippen MR) is 108 cm³/mol. The molecule has 3 heterocycles. The molecular weight excluding hydrogens is 448 g/mol. The molecule has 32 heavy (non-hydrogen) atoms. The number of nitrogens with zero attached hydrogens (tertiary/aromatic N) is 2. The number of hydrogen-bond donors (Lipinski definition) is 3. The Labute approximate surface area is 183 Å². The van der Waals surface area contributed by atoms with E-state index in [1.54, 1.807) is 0 Å². The Morgan fingerprint density at radius 1 is 1.25 bits per heavy atom. The number of Topliss-reactive ketones (excluding diaryl/α,β-unsaturated/α-hetero) is 1. The molecule has 3 N–H and O–H groups in total. The second-order valence-electron chi connectivity index (χ2n) is 6.98. The number of ketones is 1. The van der Waals surface area contributed by atoms with Crippen LogP contribution in [0.25, 0.3) is 0 Å². The van der Waals surface area contributed by atoms with Crippen molar-refractivity contribution in [3.05, 3.63) is 43.9 Å². The number of nitrogens with one attached hydrogen (secondary N) is 2. The van der Waals surface area contributed by atoms with Crippen LogP contribution < -0.4 is 16.6 Å². The van der Waals surface area contributed by atoms with Crippen molar-refractivity contribution >= 4 is 41.3 Å². The summed E-state index contributed by atoms with van der Waals surface area (Å²) in [7, 11) is 0. The van der Waals surface area contributed by atoms with Crippen molar-refractivity contribution in [2.24, 2.45) is 0 Å². The van der Waals surface area contributed by atoms with Gasteiger partial charge in [0.25, 0.3) is 11.5 Å². The molecule has 14 heteroatoms. The number of rotatable bonds is 7. The van der Waals surface area contributed by atoms with Gasteiger partial charge in [0.15, 0.2) is 5.78 Å². The number of esters is 1. The highest BCUT2D eigenvalue weighted by atomic mass is 32.2. The highest BCUT2D eigenvalue weighted by molar-refractivity contribution is 8.00. The highest BCUT2D eigenvalue weighted by Crippen LogP contribution is 2.40. The Bertz CT molecular complexity index is 1180. The highest BCUT2D eigenvalue weighted by Gasteiger charge is 2.54. The fourth-order valence-electron chi connectivity index (χ4n) is 3.23. The minimum absolute atomic E-state index is 0.164. The van der Waals surface area contributed by atoms with Crippen LogP contribution in [0.5, 0.6) is 0 Å². The van der Waals surface area contributed by atoms with E-state index < -0.39 is 58.7 Å². The van der Waals surface area contributed by atoms with Crippen LogP contribution in [0.4, 0.5) is 0 Å². The van der Waals surface area contributed by atoms with E-state index >= 15 is 0 Å². The number of aliphatic carboxylic acids is 1. The molecule has 1 aromatic heterocycles. The zero-order valence-electron chi connectivity index (χ0n) is 16.9. The van der Waals surface area contributed by atoms with Gasteiger partial charge in [0.2, 0.25) is 5.91 Å². The van der Waals surface area contributed by atoms with Crippen LogP contribution in [0.1, 0.15) is 24.2 Å². The maximum absolute atomic E-state index is 12.6. The summed E-state index contributed by atoms with van der Waals surface area (Å²) in [6.07, 6.45) is 0.958. The van der Waals surface area contributed by atoms with Crippen LogP contribution in [0.15, 0.2) is 27.1 Å². The van der Waals surface area contributed by atoms with E-state index in [4.69, 9.17) is 4.74 Å². The zero-order chi connectivity index (χ0) is 23.7. The Kier molecular flexibility index (Phi) is 6.34. The van der Waals surface area contributed by atoms with Crippen LogP contribution in [0, 0.1) is 0 Å². The van der Waals surface area contributed by atoms with Gasteiger partial charge in [-0.25, -0.2) is 9.59 Å². The topological polar surface area (TPSA) is 185 Å². The third-order valence-electron chi connectivity index (χ3n) is 4.72. The lowest BCUT2D eigenvalue weighted by Crippen LogP contribution is -2.70. The molecule has 1 saturated heterocycles. The van der Waals surface area contributed by atoms with E-state index in [0.29, 0.717) is 0 Å². The first-order chi connectivity index (χ1) is 15.0. The van der Waals surface area contributed by atoms with E-state index in [9.17, 15) is 38.7 Å². The summed E-state index contributed by atoms with van der Waals surface area (Å²) in [6, 6.07) is -1.04. The quantitative estimate of drug-likeness (QED) is 0.231. The van der Waals surface area contributed by atoms with Gasteiger partial charge in [0.05, 0.1) is 5.56 Å². The maximum atomic E-state index is 12.6. The number of carbonyl (C=O) groups excluding carboxylic acids is 4. The Balaban J connectivity index is 1.74. The van der Waals surface area contributed by atoms with Crippen molar-refractivity contribution in [2.45, 2.75) is 31.8 Å². The molecular formula is C18H18N4O9S. The fraction of sp³-hybridized carbons (Fsp3) is 0.389. The lowest BCUT2D eigenvalue weighted by Gasteiger charge is -2.49. The summed E-state index contributed by atoms with van der Waals surface area (Å²) in [5.74, 6) is -3.82. The lowest BCUT2D eigenvalue weighted by atomic mass is 10.0. The van der Waals surface area contributed by atoms with Gasteiger partial charge < -0.3 is 15.2 Å². The van der Waals surface area contributed by atoms with E-state index in [2.05, 4.69) is 5.32 Å². The molecule has 1 aromatic rings. The Morgan fingerprint density at radius 2 is 1.94 bits per heavy atom. The van der Waals surface area contributed by atoms with Crippen molar-refractivity contribution < 1.29 is 33.8 Å². The number of ether oxygens (including phenoxy) is 1. The van der Waals surface area contributed by atoms with E-state index in [1.165, 1.54) is 18.7 Å². The number of carbonyl (C=O) groups is 5. The number of amides is 2. The normalized spacial score (nSPS) is 19.7. The molecule has 2 aliphatic rings. The Hall–Kier alpha value is -3.68. The fourth-order valence-corrected chi connectivity index (χ4v) is 4.56. The van der Waals surface area contributed by atoms with Crippen LogP contribution in [0.2, 0.25) is 0 Å². The summed E-state index contributed by atoms with van der Waals surface area (Å²) in [5, 5.41) is 11.3. The molecule has 170 valence electrons. The summed E-state index contributed by atoms with van der Waals surface area (Å²) >= 11 is 1.18. The number of aromatic amines is 1. The molecule has 0 saturated carbocycles. The molecule has 0 bridgehead atoms. The average Bonchev–Trinajstić information content (AvgIpc) is 2.71. The minimum atomic E-state index is -1.37. The SMILES string of the molecule is CC(=O)OCC1=C(C(=O)O)N2C(=O)[C@@H](NC(=O)Cn3cc(C(C)=O)c(=O)[nH]c3=O)[C@H]2SC1. The molecule has 2 aliphatic heterocycles. The molecule has 2 atom stereocenters. The standard InChI is InChI=1S/C18H18N4O9S/c1-7(23)10-3-21(18(30)20-14(10)26)4-11(25)19-12-15(27)22-13(17(28)29)9(5-31-8(2)24)6-32-16(12)22/h3,12,16H,4-6H2,1-2H3,(H,19,25)(H,28,29)(H,20,26,30)/t12-,16-/m1/s1. The molecule has 0 aromatic carbocycles. The van der Waals surface area contributed by atoms with Gasteiger partial charge in [0, 0.05) is 24.4 Å². The largest absolute Gasteiger partial charge is 0.477 e. The van der Waals surface area contributed by atoms with Crippen molar-refractivity contribution in [3.8, 4) is 0 Å². The van der Waals surface area contributed by atoms with Gasteiger partial charge in [0.1, 0.15) is 30.3 Å². The third-order valence-corrected chi connectivity index (χ3v) is 6.06. The lowest BCUT2D eigenvalue weighted by molar-refractivity contribution is -0.151. The first-order valence-corrected chi connectivity index (χ1v) is 10.2. The molecule has 0 unspecified atom stereocenters. The number of aromatic nitrogens is 2. The zero-order valence-corrected chi connectivity index (χ0v) is 17.7. The van der Waals surface area contributed by atoms with Crippen LogP contribution in [0.3, 0.4) is 0 Å². The molecule has 0 radical (unpaired) electrons. The van der Waals surface area contributed by atoms with Crippen LogP contribution >= 0.6 is 11.8 Å². The molecule has 2 amide bonds. The summed E-state index contributed by atoms with van der Waals surface area (Å²) < 4.78 is 5.67. The predicted octanol–water partition coefficient (Wildman–Crippen LogP) is -1.96. The van der Waals surface area contributed by atoms with Crippen LogP contribution in [-0.4, -0.2) is 72.9 Å². The smallest absolute Gasteiger partial charge is 0.352 e. The van der Waals surface area contributed by atoms with Gasteiger partial charge in [-0.1, -0.05) is 0 Å². The van der Waals surface area contributed by atoms with Gasteiger partial charge in [-0.05, 0) is 6.92 Å². The summed E-state index contributed by atoms with van der Waals surface area (Å²) in [5.41, 5.74) is -2.13. The number of thioether (sulfide) groups is 1. The van der Waals surface area contributed by atoms with Crippen LogP contribution in [-0.2, 0) is 30.5 Å². The summed E-state index contributed by atoms with van der Waals surface area (Å²) in [6.45, 7) is 1.46. The number of fused-ring (bicyclic) bond motifs is 1. The second-order valence-corrected chi connectivity index (χ2v) is 8.08. The first-order valence-electron chi connectivity index (χ1n) is 9.18. The van der Waals surface area contributed by atoms with Crippen molar-refractivity contribution in [3.63, 3.8) is 0 Å². The van der Waals surface area contributed by atoms with Crippen molar-refractivity contribution in [1.82, 2.24) is 19.8 Å². The second kappa shape index (κ2) is 8.82. The van der Waals surface area contributed by atoms with Crippen molar-refractivity contribution in [1.29, 1.82) is 0 Å². The molecule has 0 aliphatic carbocycles. The first kappa shape index (κ1) is 23.0. The Morgan fingerprint density at radius 3 is 2.53 bits per heavy atom. The van der Waals surface area contributed by atoms with Gasteiger partial charge in [-0.2, -0.15) is 0 Å². The molecule has 13 nitrogen and oxygen atoms in total. The molecule has 1 fully saturated rings. The van der Waals surface area contributed by atoms with E-state index in [1.807, 2.05) is 4.98 Å².